The third kappa shape index (κ3) is 2.94. The van der Waals surface area contributed by atoms with Crippen LogP contribution in [0.5, 0.6) is 0 Å². The van der Waals surface area contributed by atoms with Crippen molar-refractivity contribution >= 4 is 5.78 Å². The molecular weight excluding hydrogens is 150 g/mol. The molecule has 0 aromatic heterocycles. The summed E-state index contributed by atoms with van der Waals surface area (Å²) in [6, 6.07) is 0.435. The van der Waals surface area contributed by atoms with Gasteiger partial charge in [0.05, 0.1) is 0 Å². The van der Waals surface area contributed by atoms with Crippen LogP contribution in [0.4, 0.5) is 0 Å². The highest BCUT2D eigenvalue weighted by Gasteiger charge is 2.18. The lowest BCUT2D eigenvalue weighted by Crippen LogP contribution is -2.30. The van der Waals surface area contributed by atoms with Crippen molar-refractivity contribution in [3.8, 4) is 0 Å². The Morgan fingerprint density at radius 2 is 2.08 bits per heavy atom. The zero-order valence-corrected chi connectivity index (χ0v) is 8.10. The molecule has 0 aromatic carbocycles. The smallest absolute Gasteiger partial charge is 0.134 e. The van der Waals surface area contributed by atoms with E-state index < -0.39 is 0 Å². The fourth-order valence-corrected chi connectivity index (χ4v) is 1.91. The van der Waals surface area contributed by atoms with E-state index in [0.717, 1.165) is 19.3 Å². The number of carbonyl (C=O) groups is 1. The molecule has 0 spiro atoms. The monoisotopic (exact) mass is 169 g/mol. The number of ketones is 1. The van der Waals surface area contributed by atoms with Crippen molar-refractivity contribution in [1.29, 1.82) is 0 Å². The zero-order valence-electron chi connectivity index (χ0n) is 8.10. The fraction of sp³-hybridized carbons (Fsp3) is 0.900. The van der Waals surface area contributed by atoms with E-state index in [1.54, 1.807) is 0 Å². The van der Waals surface area contributed by atoms with E-state index in [2.05, 4.69) is 12.2 Å². The van der Waals surface area contributed by atoms with Gasteiger partial charge >= 0.3 is 0 Å². The summed E-state index contributed by atoms with van der Waals surface area (Å²) < 4.78 is 0. The van der Waals surface area contributed by atoms with Crippen molar-refractivity contribution in [2.45, 2.75) is 45.1 Å². The zero-order chi connectivity index (χ0) is 8.97. The molecule has 12 heavy (non-hydrogen) atoms. The molecule has 1 aliphatic rings. The van der Waals surface area contributed by atoms with E-state index >= 15 is 0 Å². The average Bonchev–Trinajstić information content (AvgIpc) is 1.99. The maximum atomic E-state index is 11.4. The Bertz CT molecular complexity index is 156. The van der Waals surface area contributed by atoms with Crippen LogP contribution in [0.25, 0.3) is 0 Å². The van der Waals surface area contributed by atoms with Crippen molar-refractivity contribution in [3.05, 3.63) is 0 Å². The molecule has 0 aromatic rings. The summed E-state index contributed by atoms with van der Waals surface area (Å²) in [6.07, 6.45) is 5.16. The first kappa shape index (κ1) is 9.72. The van der Waals surface area contributed by atoms with Gasteiger partial charge in [-0.05, 0) is 19.4 Å². The van der Waals surface area contributed by atoms with Gasteiger partial charge in [0, 0.05) is 18.9 Å². The van der Waals surface area contributed by atoms with Gasteiger partial charge in [0.15, 0.2) is 0 Å². The predicted octanol–water partition coefficient (Wildman–Crippen LogP) is 1.74. The largest absolute Gasteiger partial charge is 0.317 e. The second-order valence-corrected chi connectivity index (χ2v) is 3.97. The number of hydrogen-bond donors (Lipinski definition) is 1. The number of hydrogen-bond acceptors (Lipinski definition) is 2. The summed E-state index contributed by atoms with van der Waals surface area (Å²) in [5.41, 5.74) is 0. The highest BCUT2D eigenvalue weighted by molar-refractivity contribution is 5.79. The molecule has 0 radical (unpaired) electrons. The Labute approximate surface area is 74.7 Å². The quantitative estimate of drug-likeness (QED) is 0.648. The van der Waals surface area contributed by atoms with Gasteiger partial charge in [-0.3, -0.25) is 4.79 Å². The standard InChI is InChI=1S/C10H19NO/c1-8-4-3-5-9(11-2)7-10(12)6-8/h8-9,11H,3-7H2,1-2H3. The molecule has 0 amide bonds. The number of carbonyl (C=O) groups excluding carboxylic acids is 1. The van der Waals surface area contributed by atoms with Crippen LogP contribution in [0.1, 0.15) is 39.0 Å². The summed E-state index contributed by atoms with van der Waals surface area (Å²) in [5.74, 6) is 1.04. The molecule has 2 heteroatoms. The Morgan fingerprint density at radius 1 is 1.33 bits per heavy atom. The first-order chi connectivity index (χ1) is 5.72. The molecule has 0 bridgehead atoms. The predicted molar refractivity (Wildman–Crippen MR) is 50.1 cm³/mol. The second kappa shape index (κ2) is 4.61. The molecule has 1 rings (SSSR count). The average molecular weight is 169 g/mol. The van der Waals surface area contributed by atoms with Crippen LogP contribution in [0.15, 0.2) is 0 Å². The van der Waals surface area contributed by atoms with Crippen LogP contribution in [-0.4, -0.2) is 18.9 Å². The summed E-state index contributed by atoms with van der Waals surface area (Å²) in [7, 11) is 1.95. The second-order valence-electron chi connectivity index (χ2n) is 3.97. The lowest BCUT2D eigenvalue weighted by Gasteiger charge is -2.21. The molecule has 1 saturated carbocycles. The maximum Gasteiger partial charge on any atom is 0.134 e. The van der Waals surface area contributed by atoms with Gasteiger partial charge < -0.3 is 5.32 Å². The van der Waals surface area contributed by atoms with Gasteiger partial charge in [0.2, 0.25) is 0 Å². The van der Waals surface area contributed by atoms with Crippen LogP contribution in [0, 0.1) is 5.92 Å². The maximum absolute atomic E-state index is 11.4. The molecule has 1 fully saturated rings. The minimum Gasteiger partial charge on any atom is -0.317 e. The summed E-state index contributed by atoms with van der Waals surface area (Å²) in [4.78, 5) is 11.4. The van der Waals surface area contributed by atoms with Crippen molar-refractivity contribution in [2.24, 2.45) is 5.92 Å². The SMILES string of the molecule is CNC1CCCC(C)CC(=O)C1. The summed E-state index contributed by atoms with van der Waals surface area (Å²) in [5, 5.41) is 3.20. The van der Waals surface area contributed by atoms with Gasteiger partial charge in [-0.25, -0.2) is 0 Å². The van der Waals surface area contributed by atoms with Crippen molar-refractivity contribution in [3.63, 3.8) is 0 Å². The lowest BCUT2D eigenvalue weighted by atomic mass is 9.89. The third-order valence-electron chi connectivity index (χ3n) is 2.71. The van der Waals surface area contributed by atoms with E-state index in [0.29, 0.717) is 17.7 Å². The molecule has 0 saturated heterocycles. The van der Waals surface area contributed by atoms with Gasteiger partial charge in [-0.2, -0.15) is 0 Å². The van der Waals surface area contributed by atoms with Crippen LogP contribution in [0.2, 0.25) is 0 Å². The first-order valence-electron chi connectivity index (χ1n) is 4.91. The number of rotatable bonds is 1. The van der Waals surface area contributed by atoms with Crippen molar-refractivity contribution in [1.82, 2.24) is 5.32 Å². The van der Waals surface area contributed by atoms with Gasteiger partial charge in [0.1, 0.15) is 5.78 Å². The fourth-order valence-electron chi connectivity index (χ4n) is 1.91. The molecule has 70 valence electrons. The van der Waals surface area contributed by atoms with Crippen LogP contribution < -0.4 is 5.32 Å². The van der Waals surface area contributed by atoms with Crippen molar-refractivity contribution < 1.29 is 4.79 Å². The van der Waals surface area contributed by atoms with E-state index in [4.69, 9.17) is 0 Å². The van der Waals surface area contributed by atoms with Crippen LogP contribution in [0.3, 0.4) is 0 Å². The Hall–Kier alpha value is -0.370. The van der Waals surface area contributed by atoms with Crippen LogP contribution in [-0.2, 0) is 4.79 Å². The Balaban J connectivity index is 2.42. The first-order valence-corrected chi connectivity index (χ1v) is 4.91. The van der Waals surface area contributed by atoms with E-state index in [9.17, 15) is 4.79 Å². The number of Topliss-reactive ketones (excluding diaryl/α,β-unsaturated/α-hetero) is 1. The Morgan fingerprint density at radius 3 is 2.75 bits per heavy atom. The highest BCUT2D eigenvalue weighted by Crippen LogP contribution is 2.19. The topological polar surface area (TPSA) is 29.1 Å². The van der Waals surface area contributed by atoms with E-state index in [1.165, 1.54) is 12.8 Å². The van der Waals surface area contributed by atoms with Gasteiger partial charge in [-0.1, -0.05) is 19.8 Å². The molecule has 0 heterocycles. The molecule has 2 nitrogen and oxygen atoms in total. The normalized spacial score (nSPS) is 32.7. The minimum atomic E-state index is 0.432. The van der Waals surface area contributed by atoms with Gasteiger partial charge in [-0.15, -0.1) is 0 Å². The molecular formula is C10H19NO. The van der Waals surface area contributed by atoms with E-state index in [-0.39, 0.29) is 0 Å². The lowest BCUT2D eigenvalue weighted by molar-refractivity contribution is -0.120. The number of nitrogens with one attached hydrogen (secondary N) is 1. The molecule has 1 aliphatic carbocycles. The third-order valence-corrected chi connectivity index (χ3v) is 2.71. The highest BCUT2D eigenvalue weighted by atomic mass is 16.1. The van der Waals surface area contributed by atoms with E-state index in [1.807, 2.05) is 7.05 Å². The summed E-state index contributed by atoms with van der Waals surface area (Å²) in [6.45, 7) is 2.18. The van der Waals surface area contributed by atoms with Crippen molar-refractivity contribution in [2.75, 3.05) is 7.05 Å². The molecule has 0 aliphatic heterocycles. The molecule has 1 N–H and O–H groups in total. The summed E-state index contributed by atoms with van der Waals surface area (Å²) >= 11 is 0. The molecule has 2 unspecified atom stereocenters. The van der Waals surface area contributed by atoms with Crippen LogP contribution >= 0.6 is 0 Å². The Kier molecular flexibility index (Phi) is 3.73. The molecule has 2 atom stereocenters. The minimum absolute atomic E-state index is 0.432. The van der Waals surface area contributed by atoms with Gasteiger partial charge in [0.25, 0.3) is 0 Å².